The van der Waals surface area contributed by atoms with Crippen molar-refractivity contribution in [3.8, 4) is 0 Å². The molecule has 194 valence electrons. The molecule has 1 aliphatic heterocycles. The van der Waals surface area contributed by atoms with Crippen LogP contribution < -0.4 is 10.9 Å². The van der Waals surface area contributed by atoms with E-state index in [1.165, 1.54) is 56.5 Å². The molecule has 35 heavy (non-hydrogen) atoms. The first-order valence-electron chi connectivity index (χ1n) is 13.4. The Bertz CT molecular complexity index is 1040. The van der Waals surface area contributed by atoms with Crippen LogP contribution in [0.15, 0.2) is 16.2 Å². The Morgan fingerprint density at radius 1 is 1.23 bits per heavy atom. The maximum atomic E-state index is 13.0. The van der Waals surface area contributed by atoms with Gasteiger partial charge in [0.1, 0.15) is 0 Å². The highest BCUT2D eigenvalue weighted by molar-refractivity contribution is 7.10. The van der Waals surface area contributed by atoms with Crippen LogP contribution in [0.4, 0.5) is 0 Å². The molecule has 0 bridgehead atoms. The second-order valence-electron chi connectivity index (χ2n) is 10.8. The number of thiophene rings is 1. The maximum absolute atomic E-state index is 13.0. The summed E-state index contributed by atoms with van der Waals surface area (Å²) in [5, 5.41) is 4.97. The van der Waals surface area contributed by atoms with Gasteiger partial charge in [0.05, 0.1) is 5.56 Å². The lowest BCUT2D eigenvalue weighted by molar-refractivity contribution is 0.0950. The fourth-order valence-electron chi connectivity index (χ4n) is 5.70. The van der Waals surface area contributed by atoms with E-state index < -0.39 is 0 Å². The molecular formula is C29H45N3O2S. The molecule has 1 aliphatic rings. The zero-order valence-electron chi connectivity index (χ0n) is 22.6. The highest BCUT2D eigenvalue weighted by Gasteiger charge is 2.23. The molecule has 3 rings (SSSR count). The Hall–Kier alpha value is -1.92. The van der Waals surface area contributed by atoms with Crippen molar-refractivity contribution in [2.24, 2.45) is 11.8 Å². The number of hydrogen-bond donors (Lipinski definition) is 2. The molecular weight excluding hydrogens is 454 g/mol. The quantitative estimate of drug-likeness (QED) is 0.402. The van der Waals surface area contributed by atoms with Crippen molar-refractivity contribution >= 4 is 17.2 Å². The van der Waals surface area contributed by atoms with Crippen molar-refractivity contribution in [1.82, 2.24) is 15.2 Å². The summed E-state index contributed by atoms with van der Waals surface area (Å²) >= 11 is 1.72. The number of H-pyrrole nitrogens is 1. The second-order valence-corrected chi connectivity index (χ2v) is 11.7. The largest absolute Gasteiger partial charge is 0.348 e. The average molecular weight is 500 g/mol. The predicted molar refractivity (Wildman–Crippen MR) is 148 cm³/mol. The fourth-order valence-corrected chi connectivity index (χ4v) is 6.99. The third-order valence-corrected chi connectivity index (χ3v) is 9.37. The summed E-state index contributed by atoms with van der Waals surface area (Å²) in [4.78, 5) is 31.9. The molecule has 2 N–H and O–H groups in total. The lowest BCUT2D eigenvalue weighted by Crippen LogP contribution is -2.28. The molecule has 2 aromatic rings. The summed E-state index contributed by atoms with van der Waals surface area (Å²) in [6.45, 7) is 13.3. The number of hydrogen-bond acceptors (Lipinski definition) is 4. The molecule has 0 radical (unpaired) electrons. The van der Waals surface area contributed by atoms with Crippen LogP contribution in [0.2, 0.25) is 0 Å². The summed E-state index contributed by atoms with van der Waals surface area (Å²) in [5.41, 5.74) is 4.10. The second kappa shape index (κ2) is 12.9. The number of aromatic amines is 1. The number of rotatable bonds is 10. The molecule has 3 atom stereocenters. The Morgan fingerprint density at radius 2 is 2.00 bits per heavy atom. The smallest absolute Gasteiger partial charge is 0.253 e. The first-order valence-corrected chi connectivity index (χ1v) is 14.3. The Balaban J connectivity index is 1.56. The van der Waals surface area contributed by atoms with Crippen LogP contribution >= 0.6 is 11.3 Å². The number of likely N-dealkylation sites (tertiary alicyclic amines) is 1. The number of carbonyl (C=O) groups is 1. The van der Waals surface area contributed by atoms with E-state index in [4.69, 9.17) is 0 Å². The summed E-state index contributed by atoms with van der Waals surface area (Å²) < 4.78 is 0. The van der Waals surface area contributed by atoms with Gasteiger partial charge in [0.15, 0.2) is 0 Å². The molecule has 0 aliphatic carbocycles. The van der Waals surface area contributed by atoms with Gasteiger partial charge in [-0.05, 0) is 108 Å². The topological polar surface area (TPSA) is 65.2 Å². The van der Waals surface area contributed by atoms with Gasteiger partial charge in [-0.2, -0.15) is 0 Å². The van der Waals surface area contributed by atoms with E-state index in [0.29, 0.717) is 11.5 Å². The molecule has 0 spiro atoms. The van der Waals surface area contributed by atoms with Crippen LogP contribution in [0.3, 0.4) is 0 Å². The van der Waals surface area contributed by atoms with E-state index in [9.17, 15) is 9.59 Å². The average Bonchev–Trinajstić information content (AvgIpc) is 3.04. The summed E-state index contributed by atoms with van der Waals surface area (Å²) in [5.74, 6) is 2.07. The highest BCUT2D eigenvalue weighted by Crippen LogP contribution is 2.36. The van der Waals surface area contributed by atoms with Gasteiger partial charge < -0.3 is 15.2 Å². The molecule has 1 fully saturated rings. The van der Waals surface area contributed by atoms with Crippen LogP contribution in [0.25, 0.3) is 0 Å². The normalized spacial score (nSPS) is 18.7. The number of nitrogens with one attached hydrogen (secondary N) is 2. The first-order chi connectivity index (χ1) is 16.7. The van der Waals surface area contributed by atoms with Gasteiger partial charge in [-0.1, -0.05) is 26.7 Å². The van der Waals surface area contributed by atoms with Crippen molar-refractivity contribution in [1.29, 1.82) is 0 Å². The maximum Gasteiger partial charge on any atom is 0.253 e. The molecule has 2 aromatic heterocycles. The van der Waals surface area contributed by atoms with Gasteiger partial charge in [0, 0.05) is 28.1 Å². The Labute approximate surface area is 215 Å². The zero-order valence-corrected chi connectivity index (χ0v) is 23.4. The SMILES string of the molecule is CCC(CCCC(C)C1CCCN(C)CC1)c1scc(C(=O)NCc2c(C)cc(C)[nH]c2=O)c1C. The van der Waals surface area contributed by atoms with Gasteiger partial charge in [0.2, 0.25) is 0 Å². The third kappa shape index (κ3) is 7.29. The minimum atomic E-state index is -0.123. The van der Waals surface area contributed by atoms with E-state index in [1.807, 2.05) is 25.3 Å². The number of pyridine rings is 1. The molecule has 0 aromatic carbocycles. The van der Waals surface area contributed by atoms with E-state index >= 15 is 0 Å². The van der Waals surface area contributed by atoms with E-state index in [2.05, 4.69) is 43.0 Å². The Morgan fingerprint density at radius 3 is 2.71 bits per heavy atom. The minimum absolute atomic E-state index is 0.0915. The lowest BCUT2D eigenvalue weighted by atomic mass is 9.83. The number of carbonyl (C=O) groups excluding carboxylic acids is 1. The van der Waals surface area contributed by atoms with Gasteiger partial charge in [-0.15, -0.1) is 11.3 Å². The molecule has 0 saturated carbocycles. The van der Waals surface area contributed by atoms with Crippen molar-refractivity contribution in [3.63, 3.8) is 0 Å². The van der Waals surface area contributed by atoms with E-state index in [1.54, 1.807) is 11.3 Å². The monoisotopic (exact) mass is 499 g/mol. The van der Waals surface area contributed by atoms with E-state index in [0.717, 1.165) is 40.6 Å². The number of nitrogens with zero attached hydrogens (tertiary/aromatic N) is 1. The highest BCUT2D eigenvalue weighted by atomic mass is 32.1. The van der Waals surface area contributed by atoms with Crippen LogP contribution in [-0.4, -0.2) is 35.9 Å². The van der Waals surface area contributed by atoms with Crippen molar-refractivity contribution in [2.45, 2.75) is 92.0 Å². The number of aromatic nitrogens is 1. The first kappa shape index (κ1) is 27.7. The molecule has 1 amide bonds. The molecule has 3 unspecified atom stereocenters. The van der Waals surface area contributed by atoms with Gasteiger partial charge >= 0.3 is 0 Å². The number of amides is 1. The molecule has 3 heterocycles. The third-order valence-electron chi connectivity index (χ3n) is 8.12. The van der Waals surface area contributed by atoms with Crippen LogP contribution in [0.5, 0.6) is 0 Å². The van der Waals surface area contributed by atoms with Crippen molar-refractivity contribution in [2.75, 3.05) is 20.1 Å². The minimum Gasteiger partial charge on any atom is -0.348 e. The Kier molecular flexibility index (Phi) is 10.2. The van der Waals surface area contributed by atoms with Crippen LogP contribution in [-0.2, 0) is 6.54 Å². The predicted octanol–water partition coefficient (Wildman–Crippen LogP) is 6.32. The summed E-state index contributed by atoms with van der Waals surface area (Å²) in [6.07, 6.45) is 8.88. The lowest BCUT2D eigenvalue weighted by Gasteiger charge is -2.23. The molecule has 1 saturated heterocycles. The molecule has 5 nitrogen and oxygen atoms in total. The number of aryl methyl sites for hydroxylation is 2. The summed E-state index contributed by atoms with van der Waals surface area (Å²) in [6, 6.07) is 1.94. The molecule has 6 heteroatoms. The van der Waals surface area contributed by atoms with Crippen molar-refractivity contribution < 1.29 is 4.79 Å². The van der Waals surface area contributed by atoms with Gasteiger partial charge in [-0.25, -0.2) is 0 Å². The van der Waals surface area contributed by atoms with E-state index in [-0.39, 0.29) is 18.0 Å². The van der Waals surface area contributed by atoms with Crippen LogP contribution in [0, 0.1) is 32.6 Å². The standard InChI is InChI=1S/C29H45N3O2S/c1-7-23(11-8-10-19(2)24-12-9-14-32(6)15-13-24)27-22(5)26(18-35-27)28(33)30-17-25-20(3)16-21(4)31-29(25)34/h16,18-19,23-24H,7-15,17H2,1-6H3,(H,30,33)(H,31,34). The van der Waals surface area contributed by atoms with Crippen LogP contribution in [0.1, 0.15) is 102 Å². The van der Waals surface area contributed by atoms with Gasteiger partial charge in [0.25, 0.3) is 11.5 Å². The van der Waals surface area contributed by atoms with Crippen molar-refractivity contribution in [3.05, 3.63) is 54.6 Å². The summed E-state index contributed by atoms with van der Waals surface area (Å²) in [7, 11) is 2.25. The van der Waals surface area contributed by atoms with Gasteiger partial charge in [-0.3, -0.25) is 9.59 Å². The fraction of sp³-hybridized carbons (Fsp3) is 0.655. The zero-order chi connectivity index (χ0) is 25.5.